The Morgan fingerprint density at radius 2 is 2.06 bits per heavy atom. The van der Waals surface area contributed by atoms with Crippen LogP contribution in [0.5, 0.6) is 0 Å². The fourth-order valence-electron chi connectivity index (χ4n) is 3.11. The van der Waals surface area contributed by atoms with Crippen LogP contribution in [0.4, 0.5) is 4.39 Å². The molecule has 1 aromatic rings. The monoisotopic (exact) mass is 270 g/mol. The predicted molar refractivity (Wildman–Crippen MR) is 72.3 cm³/mol. The minimum Gasteiger partial charge on any atom is -0.392 e. The highest BCUT2D eigenvalue weighted by Gasteiger charge is 2.38. The van der Waals surface area contributed by atoms with Gasteiger partial charge in [0.25, 0.3) is 0 Å². The van der Waals surface area contributed by atoms with E-state index in [9.17, 15) is 9.50 Å². The van der Waals surface area contributed by atoms with Crippen molar-refractivity contribution in [3.05, 3.63) is 34.6 Å². The van der Waals surface area contributed by atoms with Crippen LogP contribution in [0.2, 0.25) is 5.02 Å². The largest absolute Gasteiger partial charge is 0.392 e. The van der Waals surface area contributed by atoms with Crippen molar-refractivity contribution in [1.29, 1.82) is 0 Å². The first-order valence-electron chi connectivity index (χ1n) is 6.69. The Bertz CT molecular complexity index is 413. The molecular formula is C15H20ClFO. The smallest absolute Gasteiger partial charge is 0.124 e. The van der Waals surface area contributed by atoms with Crippen LogP contribution in [-0.2, 0) is 6.42 Å². The molecule has 0 bridgehead atoms. The predicted octanol–water partition coefficient (Wildman–Crippen LogP) is 4.35. The molecule has 1 aliphatic carbocycles. The summed E-state index contributed by atoms with van der Waals surface area (Å²) in [6.45, 7) is 2.14. The highest BCUT2D eigenvalue weighted by molar-refractivity contribution is 6.31. The third kappa shape index (κ3) is 2.70. The molecule has 0 spiro atoms. The quantitative estimate of drug-likeness (QED) is 0.862. The molecule has 0 heterocycles. The van der Waals surface area contributed by atoms with E-state index >= 15 is 0 Å². The lowest BCUT2D eigenvalue weighted by Gasteiger charge is -2.33. The molecule has 1 saturated carbocycles. The van der Waals surface area contributed by atoms with E-state index in [2.05, 4.69) is 6.92 Å². The molecule has 1 unspecified atom stereocenters. The van der Waals surface area contributed by atoms with Crippen LogP contribution >= 0.6 is 11.6 Å². The van der Waals surface area contributed by atoms with E-state index < -0.39 is 0 Å². The lowest BCUT2D eigenvalue weighted by Crippen LogP contribution is -2.33. The van der Waals surface area contributed by atoms with Crippen LogP contribution in [0.15, 0.2) is 18.2 Å². The van der Waals surface area contributed by atoms with Gasteiger partial charge in [0.15, 0.2) is 0 Å². The SMILES string of the molecule is CCC1(C(O)Cc2ccc(F)cc2Cl)CCCC1. The summed E-state index contributed by atoms with van der Waals surface area (Å²) in [5, 5.41) is 10.9. The third-order valence-electron chi connectivity index (χ3n) is 4.44. The number of benzene rings is 1. The van der Waals surface area contributed by atoms with Crippen LogP contribution in [0.1, 0.15) is 44.6 Å². The number of rotatable bonds is 4. The van der Waals surface area contributed by atoms with E-state index in [0.29, 0.717) is 11.4 Å². The minimum absolute atomic E-state index is 0.0394. The molecule has 1 atom stereocenters. The molecule has 3 heteroatoms. The van der Waals surface area contributed by atoms with Crippen LogP contribution in [0, 0.1) is 11.2 Å². The first-order chi connectivity index (χ1) is 8.57. The van der Waals surface area contributed by atoms with Gasteiger partial charge in [-0.25, -0.2) is 4.39 Å². The summed E-state index contributed by atoms with van der Waals surface area (Å²) in [5.74, 6) is -0.329. The fourth-order valence-corrected chi connectivity index (χ4v) is 3.36. The third-order valence-corrected chi connectivity index (χ3v) is 4.79. The molecule has 0 saturated heterocycles. The first-order valence-corrected chi connectivity index (χ1v) is 7.07. The molecule has 0 amide bonds. The van der Waals surface area contributed by atoms with Crippen molar-refractivity contribution in [3.8, 4) is 0 Å². The molecule has 0 radical (unpaired) electrons. The van der Waals surface area contributed by atoms with Gasteiger partial charge in [-0.3, -0.25) is 0 Å². The van der Waals surface area contributed by atoms with Gasteiger partial charge < -0.3 is 5.11 Å². The maximum atomic E-state index is 13.0. The summed E-state index contributed by atoms with van der Waals surface area (Å²) in [6, 6.07) is 4.40. The van der Waals surface area contributed by atoms with Crippen molar-refractivity contribution >= 4 is 11.6 Å². The molecule has 18 heavy (non-hydrogen) atoms. The maximum absolute atomic E-state index is 13.0. The second kappa shape index (κ2) is 5.58. The average Bonchev–Trinajstić information content (AvgIpc) is 2.82. The van der Waals surface area contributed by atoms with Crippen LogP contribution < -0.4 is 0 Å². The molecular weight excluding hydrogens is 251 g/mol. The summed E-state index contributed by atoms with van der Waals surface area (Å²) >= 11 is 6.02. The van der Waals surface area contributed by atoms with Crippen LogP contribution in [0.3, 0.4) is 0 Å². The Hall–Kier alpha value is -0.600. The van der Waals surface area contributed by atoms with Crippen molar-refractivity contribution in [2.45, 2.75) is 51.6 Å². The normalized spacial score (nSPS) is 20.0. The summed E-state index contributed by atoms with van der Waals surface area (Å²) in [7, 11) is 0. The van der Waals surface area contributed by atoms with Gasteiger partial charge in [0, 0.05) is 11.4 Å². The Labute approximate surface area is 113 Å². The second-order valence-corrected chi connectivity index (χ2v) is 5.79. The van der Waals surface area contributed by atoms with Gasteiger partial charge in [-0.15, -0.1) is 0 Å². The maximum Gasteiger partial charge on any atom is 0.124 e. The van der Waals surface area contributed by atoms with Crippen molar-refractivity contribution < 1.29 is 9.50 Å². The number of aliphatic hydroxyl groups excluding tert-OH is 1. The van der Waals surface area contributed by atoms with Gasteiger partial charge in [0.05, 0.1) is 6.10 Å². The van der Waals surface area contributed by atoms with E-state index in [4.69, 9.17) is 11.6 Å². The zero-order valence-electron chi connectivity index (χ0n) is 10.8. The average molecular weight is 271 g/mol. The summed E-state index contributed by atoms with van der Waals surface area (Å²) < 4.78 is 13.0. The number of halogens is 2. The van der Waals surface area contributed by atoms with Crippen LogP contribution in [-0.4, -0.2) is 11.2 Å². The molecule has 1 aromatic carbocycles. The summed E-state index contributed by atoms with van der Waals surface area (Å²) in [4.78, 5) is 0. The van der Waals surface area contributed by atoms with E-state index in [0.717, 1.165) is 24.8 Å². The van der Waals surface area contributed by atoms with Gasteiger partial charge in [0.2, 0.25) is 0 Å². The topological polar surface area (TPSA) is 20.2 Å². The van der Waals surface area contributed by atoms with E-state index in [1.165, 1.54) is 25.0 Å². The standard InChI is InChI=1S/C15H20ClFO/c1-2-15(7-3-4-8-15)14(18)9-11-5-6-12(17)10-13(11)16/h5-6,10,14,18H,2-4,7-9H2,1H3. The Balaban J connectivity index is 2.12. The lowest BCUT2D eigenvalue weighted by molar-refractivity contribution is 0.0257. The Morgan fingerprint density at radius 3 is 2.61 bits per heavy atom. The molecule has 1 nitrogen and oxygen atoms in total. The molecule has 1 N–H and O–H groups in total. The molecule has 0 aliphatic heterocycles. The first kappa shape index (κ1) is 13.8. The van der Waals surface area contributed by atoms with Crippen molar-refractivity contribution in [1.82, 2.24) is 0 Å². The number of aliphatic hydroxyl groups is 1. The van der Waals surface area contributed by atoms with E-state index in [-0.39, 0.29) is 17.3 Å². The Kier molecular flexibility index (Phi) is 4.29. The minimum atomic E-state index is -0.382. The highest BCUT2D eigenvalue weighted by atomic mass is 35.5. The van der Waals surface area contributed by atoms with E-state index in [1.54, 1.807) is 6.07 Å². The van der Waals surface area contributed by atoms with Crippen molar-refractivity contribution in [3.63, 3.8) is 0 Å². The van der Waals surface area contributed by atoms with Gasteiger partial charge in [-0.05, 0) is 42.4 Å². The fraction of sp³-hybridized carbons (Fsp3) is 0.600. The van der Waals surface area contributed by atoms with Gasteiger partial charge in [-0.1, -0.05) is 37.4 Å². The molecule has 0 aromatic heterocycles. The zero-order chi connectivity index (χ0) is 13.2. The Morgan fingerprint density at radius 1 is 1.39 bits per heavy atom. The number of hydrogen-bond donors (Lipinski definition) is 1. The molecule has 2 rings (SSSR count). The van der Waals surface area contributed by atoms with Gasteiger partial charge >= 0.3 is 0 Å². The lowest BCUT2D eigenvalue weighted by atomic mass is 9.76. The number of hydrogen-bond acceptors (Lipinski definition) is 1. The molecule has 100 valence electrons. The van der Waals surface area contributed by atoms with Crippen molar-refractivity contribution in [2.24, 2.45) is 5.41 Å². The summed E-state index contributed by atoms with van der Waals surface area (Å²) in [6.07, 6.45) is 5.70. The van der Waals surface area contributed by atoms with Gasteiger partial charge in [-0.2, -0.15) is 0 Å². The zero-order valence-corrected chi connectivity index (χ0v) is 11.5. The van der Waals surface area contributed by atoms with Crippen LogP contribution in [0.25, 0.3) is 0 Å². The van der Waals surface area contributed by atoms with Crippen molar-refractivity contribution in [2.75, 3.05) is 0 Å². The summed E-state index contributed by atoms with van der Waals surface area (Å²) in [5.41, 5.74) is 0.878. The highest BCUT2D eigenvalue weighted by Crippen LogP contribution is 2.45. The molecule has 1 fully saturated rings. The molecule has 1 aliphatic rings. The van der Waals surface area contributed by atoms with E-state index in [1.807, 2.05) is 0 Å². The van der Waals surface area contributed by atoms with Gasteiger partial charge in [0.1, 0.15) is 5.82 Å². The second-order valence-electron chi connectivity index (χ2n) is 5.38.